The molecular formula is C64H76F3I3KN13O6. The monoisotopic (exact) mass is 1600 g/mol. The van der Waals surface area contributed by atoms with Gasteiger partial charge in [-0.1, -0.05) is 49.0 Å². The van der Waals surface area contributed by atoms with Crippen LogP contribution in [0.1, 0.15) is 151 Å². The maximum Gasteiger partial charge on any atom is 1.00 e. The van der Waals surface area contributed by atoms with Gasteiger partial charge in [-0.15, -0.1) is 24.0 Å². The minimum Gasteiger partial charge on any atom is -1.00 e. The molecule has 2 aliphatic heterocycles. The Morgan fingerprint density at radius 2 is 0.933 bits per heavy atom. The summed E-state index contributed by atoms with van der Waals surface area (Å²) in [6, 6.07) is 24.3. The minimum absolute atomic E-state index is 0. The fourth-order valence-corrected chi connectivity index (χ4v) is 10.0. The third-order valence-electron chi connectivity index (χ3n) is 14.5. The number of halogens is 6. The number of ether oxygens (including phenoxy) is 1. The van der Waals surface area contributed by atoms with Gasteiger partial charge in [0.05, 0.1) is 35.7 Å². The molecule has 476 valence electrons. The van der Waals surface area contributed by atoms with Crippen LogP contribution in [0, 0.1) is 17.5 Å². The second-order valence-corrected chi connectivity index (χ2v) is 23.3. The number of nitrogens with zero attached hydrogens (tertiary/aromatic N) is 12. The van der Waals surface area contributed by atoms with Gasteiger partial charge in [-0.05, 0) is 143 Å². The number of hydrogen-bond donors (Lipinski definition) is 2. The summed E-state index contributed by atoms with van der Waals surface area (Å²) in [6.45, 7) is 25.0. The molecule has 0 saturated carbocycles. The molecule has 0 radical (unpaired) electrons. The molecule has 8 heterocycles. The molecule has 0 aliphatic carbocycles. The SMILES string of the molecule is C.CC(C)c1cc(-c2ccc(F)cc2)nn2cc(C(=O)N3CCN(C(=O)OC(C)(C)C)[C@@H](C)C3)nc12.CC(C)c1cc(-c2ccc(F)cc2)nn2cc(C(=O)N3CCN[C@@H](C)C3)nc12.CC(C)c1cc(-c2ccc(F)cc2)nn2cc(C(=O)O)nc12.I.II.[H-].[K+]. The molecule has 26 heteroatoms. The van der Waals surface area contributed by atoms with Crippen molar-refractivity contribution in [1.29, 1.82) is 0 Å². The van der Waals surface area contributed by atoms with E-state index in [1.165, 1.54) is 47.1 Å². The van der Waals surface area contributed by atoms with E-state index in [0.29, 0.717) is 72.4 Å². The summed E-state index contributed by atoms with van der Waals surface area (Å²) in [7, 11) is 0. The topological polar surface area (TPSA) is 210 Å². The Morgan fingerprint density at radius 1 is 0.589 bits per heavy atom. The van der Waals surface area contributed by atoms with Gasteiger partial charge in [0.25, 0.3) is 11.8 Å². The van der Waals surface area contributed by atoms with Crippen LogP contribution in [0.2, 0.25) is 0 Å². The maximum absolute atomic E-state index is 13.4. The standard InChI is InChI=1S/C26H32FN5O3.C21H24FN5O.C16H14FN3O2.CH4.I2.HI.K.H/c1-16(2)20-13-21(18-7-9-19(27)10-8-18)29-32-15-22(28-23(20)32)24(33)30-11-12-31(17(3)14-30)25(34)35-26(4,5)6;1-13(2)17-10-18(15-4-6-16(22)7-5-15)25-27-12-19(24-20(17)27)21(28)26-9-8-23-14(3)11-26;1-9(2)12-7-13(10-3-5-11(17)6-4-10)19-20-8-14(16(21)22)18-15(12)20;;1-2;;;/h7-10,13,15-17H,11-12,14H2,1-6H3;4-7,10,12-14,23H,8-9,11H2,1-3H3;3-9H,1-2H3,(H,21,22);1H4;;1H;;/q;;;;;;+1;-1/t17-;14-;;;;;;/m00....../s1. The molecule has 2 fully saturated rings. The van der Waals surface area contributed by atoms with E-state index >= 15 is 0 Å². The first kappa shape index (κ1) is 75.5. The molecule has 0 bridgehead atoms. The normalized spacial score (nSPS) is 14.8. The molecule has 3 aromatic carbocycles. The number of imidazole rings is 3. The largest absolute Gasteiger partial charge is 1.00 e. The number of amides is 3. The van der Waals surface area contributed by atoms with Crippen molar-refractivity contribution in [2.75, 3.05) is 39.3 Å². The fourth-order valence-electron chi connectivity index (χ4n) is 10.0. The zero-order valence-corrected chi connectivity index (χ0v) is 61.4. The average Bonchev–Trinajstić information content (AvgIpc) is 1.96. The van der Waals surface area contributed by atoms with E-state index in [1.54, 1.807) is 67.6 Å². The van der Waals surface area contributed by atoms with E-state index in [4.69, 9.17) is 9.84 Å². The summed E-state index contributed by atoms with van der Waals surface area (Å²) in [5.74, 6) is -1.79. The maximum atomic E-state index is 13.4. The summed E-state index contributed by atoms with van der Waals surface area (Å²) >= 11 is 4.24. The molecule has 6 aromatic heterocycles. The second-order valence-electron chi connectivity index (χ2n) is 23.3. The van der Waals surface area contributed by atoms with Crippen molar-refractivity contribution in [3.8, 4) is 33.8 Å². The van der Waals surface area contributed by atoms with Gasteiger partial charge in [-0.3, -0.25) is 9.59 Å². The number of carboxylic acid groups (broad SMARTS) is 1. The van der Waals surface area contributed by atoms with Gasteiger partial charge in [0.1, 0.15) is 34.4 Å². The smallest absolute Gasteiger partial charge is 1.00 e. The summed E-state index contributed by atoms with van der Waals surface area (Å²) in [5, 5.41) is 26.1. The zero-order valence-electron chi connectivity index (χ0n) is 52.7. The Kier molecular flexibility index (Phi) is 27.7. The van der Waals surface area contributed by atoms with Crippen LogP contribution >= 0.6 is 61.2 Å². The van der Waals surface area contributed by atoms with Crippen LogP contribution in [0.15, 0.2) is 110 Å². The molecule has 2 atom stereocenters. The van der Waals surface area contributed by atoms with E-state index in [0.717, 1.165) is 45.6 Å². The molecule has 2 N–H and O–H groups in total. The van der Waals surface area contributed by atoms with E-state index in [9.17, 15) is 32.3 Å². The molecule has 9 aromatic rings. The third-order valence-corrected chi connectivity index (χ3v) is 14.5. The van der Waals surface area contributed by atoms with Crippen LogP contribution in [0.4, 0.5) is 18.0 Å². The number of aromatic nitrogens is 9. The molecule has 3 amide bonds. The summed E-state index contributed by atoms with van der Waals surface area (Å²) in [4.78, 5) is 68.5. The van der Waals surface area contributed by atoms with Crippen LogP contribution in [0.5, 0.6) is 0 Å². The van der Waals surface area contributed by atoms with E-state index in [-0.39, 0.29) is 155 Å². The molecule has 2 aliphatic rings. The second kappa shape index (κ2) is 33.1. The van der Waals surface area contributed by atoms with Gasteiger partial charge in [0, 0.05) is 122 Å². The average molecular weight is 1600 g/mol. The Labute approximate surface area is 607 Å². The van der Waals surface area contributed by atoms with Crippen molar-refractivity contribution in [3.05, 3.63) is 161 Å². The number of aromatic carboxylic acids is 1. The van der Waals surface area contributed by atoms with E-state index in [2.05, 4.69) is 107 Å². The van der Waals surface area contributed by atoms with Gasteiger partial charge < -0.3 is 31.3 Å². The first-order valence-electron chi connectivity index (χ1n) is 28.5. The van der Waals surface area contributed by atoms with Crippen molar-refractivity contribution in [2.24, 2.45) is 0 Å². The zero-order chi connectivity index (χ0) is 63.2. The Hall–Kier alpha value is -5.22. The molecule has 90 heavy (non-hydrogen) atoms. The quantitative estimate of drug-likeness (QED) is 0.102. The van der Waals surface area contributed by atoms with Gasteiger partial charge in [-0.2, -0.15) is 15.3 Å². The number of fused-ring (bicyclic) bond motifs is 3. The predicted molar refractivity (Wildman–Crippen MR) is 367 cm³/mol. The molecule has 11 rings (SSSR count). The molecule has 0 spiro atoms. The summed E-state index contributed by atoms with van der Waals surface area (Å²) < 4.78 is 50.0. The van der Waals surface area contributed by atoms with Crippen molar-refractivity contribution in [1.82, 2.24) is 63.8 Å². The van der Waals surface area contributed by atoms with Crippen LogP contribution < -0.4 is 56.7 Å². The third kappa shape index (κ3) is 18.5. The van der Waals surface area contributed by atoms with Gasteiger partial charge in [0.2, 0.25) is 0 Å². The number of hydrogen-bond acceptors (Lipinski definition) is 12. The van der Waals surface area contributed by atoms with Gasteiger partial charge >= 0.3 is 63.4 Å². The number of piperazine rings is 2. The Balaban J connectivity index is 0.000000288. The predicted octanol–water partition coefficient (Wildman–Crippen LogP) is 11.3. The fraction of sp³-hybridized carbons (Fsp3) is 0.375. The van der Waals surface area contributed by atoms with Crippen molar-refractivity contribution in [3.63, 3.8) is 0 Å². The Bertz CT molecular complexity index is 3950. The van der Waals surface area contributed by atoms with Crippen molar-refractivity contribution < 1.29 is 95.0 Å². The van der Waals surface area contributed by atoms with Crippen molar-refractivity contribution >= 4 is 102 Å². The number of carbonyl (C=O) groups is 4. The first-order chi connectivity index (χ1) is 41.3. The van der Waals surface area contributed by atoms with Gasteiger partial charge in [-0.25, -0.2) is 51.3 Å². The minimum atomic E-state index is -1.09. The molecule has 19 nitrogen and oxygen atoms in total. The van der Waals surface area contributed by atoms with Crippen LogP contribution in [0.25, 0.3) is 50.7 Å². The molecular weight excluding hydrogens is 1520 g/mol. The number of rotatable bonds is 9. The van der Waals surface area contributed by atoms with Gasteiger partial charge in [0.15, 0.2) is 22.6 Å². The molecule has 2 saturated heterocycles. The van der Waals surface area contributed by atoms with Crippen LogP contribution in [0.3, 0.4) is 0 Å². The number of benzene rings is 3. The summed E-state index contributed by atoms with van der Waals surface area (Å²) in [5.41, 5.74) is 9.16. The number of nitrogens with one attached hydrogen (secondary N) is 1. The summed E-state index contributed by atoms with van der Waals surface area (Å²) in [6.07, 6.45) is 4.35. The Morgan fingerprint density at radius 3 is 1.26 bits per heavy atom. The molecule has 0 unspecified atom stereocenters. The van der Waals surface area contributed by atoms with E-state index < -0.39 is 11.6 Å². The number of carbonyl (C=O) groups excluding carboxylic acids is 3. The number of carboxylic acids is 1. The van der Waals surface area contributed by atoms with Crippen LogP contribution in [-0.2, 0) is 4.74 Å². The first-order valence-corrected chi connectivity index (χ1v) is 34.8. The van der Waals surface area contributed by atoms with Crippen LogP contribution in [-0.4, -0.2) is 144 Å². The van der Waals surface area contributed by atoms with Crippen molar-refractivity contribution in [2.45, 2.75) is 119 Å². The van der Waals surface area contributed by atoms with E-state index in [1.807, 2.05) is 64.6 Å².